The first-order valence-corrected chi connectivity index (χ1v) is 4.50. The Kier molecular flexibility index (Phi) is 3.20. The summed E-state index contributed by atoms with van der Waals surface area (Å²) in [7, 11) is 0. The Bertz CT molecular complexity index is 168. The van der Waals surface area contributed by atoms with Gasteiger partial charge in [0.05, 0.1) is 11.8 Å². The van der Waals surface area contributed by atoms with Crippen LogP contribution in [-0.4, -0.2) is 51.2 Å². The van der Waals surface area contributed by atoms with Gasteiger partial charge in [-0.3, -0.25) is 0 Å². The fourth-order valence-corrected chi connectivity index (χ4v) is 1.57. The fraction of sp³-hybridized carbons (Fsp3) is 1.00. The van der Waals surface area contributed by atoms with Gasteiger partial charge in [0, 0.05) is 0 Å². The standard InChI is InChI=1S/C6H10Cl2O4/c7-1-3-4(9)5(10)6(11,2-8)12-3/h3-5,9-11H,1-2H2/t3-,4-,5+,6+/m1/s1. The molecule has 0 bridgehead atoms. The summed E-state index contributed by atoms with van der Waals surface area (Å²) in [4.78, 5) is 0. The first-order valence-electron chi connectivity index (χ1n) is 3.43. The largest absolute Gasteiger partial charge is 0.387 e. The van der Waals surface area contributed by atoms with E-state index in [-0.39, 0.29) is 11.8 Å². The molecule has 4 atom stereocenters. The highest BCUT2D eigenvalue weighted by atomic mass is 35.5. The molecule has 0 unspecified atom stereocenters. The van der Waals surface area contributed by atoms with E-state index in [0.717, 1.165) is 0 Å². The maximum absolute atomic E-state index is 9.42. The fourth-order valence-electron chi connectivity index (χ4n) is 1.11. The van der Waals surface area contributed by atoms with Gasteiger partial charge in [-0.1, -0.05) is 0 Å². The molecule has 0 radical (unpaired) electrons. The molecule has 0 aromatic rings. The van der Waals surface area contributed by atoms with Gasteiger partial charge in [0.2, 0.25) is 5.79 Å². The average Bonchev–Trinajstić information content (AvgIpc) is 2.31. The van der Waals surface area contributed by atoms with Crippen LogP contribution in [0, 0.1) is 0 Å². The van der Waals surface area contributed by atoms with E-state index in [4.69, 9.17) is 27.9 Å². The number of aliphatic hydroxyl groups is 3. The van der Waals surface area contributed by atoms with Gasteiger partial charge in [-0.05, 0) is 0 Å². The second-order valence-electron chi connectivity index (χ2n) is 2.72. The van der Waals surface area contributed by atoms with Gasteiger partial charge in [0.25, 0.3) is 0 Å². The van der Waals surface area contributed by atoms with Crippen LogP contribution < -0.4 is 0 Å². The molecule has 6 heteroatoms. The van der Waals surface area contributed by atoms with Crippen LogP contribution in [0.3, 0.4) is 0 Å². The number of alkyl halides is 2. The Hall–Kier alpha value is 0.420. The summed E-state index contributed by atoms with van der Waals surface area (Å²) in [6, 6.07) is 0. The van der Waals surface area contributed by atoms with Crippen molar-refractivity contribution in [3.05, 3.63) is 0 Å². The molecule has 0 amide bonds. The van der Waals surface area contributed by atoms with Gasteiger partial charge in [-0.15, -0.1) is 23.2 Å². The monoisotopic (exact) mass is 216 g/mol. The normalized spacial score (nSPS) is 48.2. The molecule has 1 aliphatic rings. The molecule has 0 aromatic heterocycles. The minimum atomic E-state index is -1.87. The van der Waals surface area contributed by atoms with Crippen LogP contribution in [0.2, 0.25) is 0 Å². The Labute approximate surface area is 79.7 Å². The molecule has 1 saturated heterocycles. The topological polar surface area (TPSA) is 69.9 Å². The first kappa shape index (κ1) is 10.5. The molecule has 1 rings (SSSR count). The third kappa shape index (κ3) is 1.55. The third-order valence-corrected chi connectivity index (χ3v) is 2.55. The van der Waals surface area contributed by atoms with Crippen molar-refractivity contribution in [1.29, 1.82) is 0 Å². The van der Waals surface area contributed by atoms with Crippen LogP contribution in [0.1, 0.15) is 0 Å². The van der Waals surface area contributed by atoms with Gasteiger partial charge in [0.15, 0.2) is 0 Å². The Morgan fingerprint density at radius 2 is 1.92 bits per heavy atom. The van der Waals surface area contributed by atoms with Crippen LogP contribution in [0.25, 0.3) is 0 Å². The van der Waals surface area contributed by atoms with E-state index in [0.29, 0.717) is 0 Å². The Balaban J connectivity index is 2.72. The molecule has 1 fully saturated rings. The Morgan fingerprint density at radius 1 is 1.33 bits per heavy atom. The van der Waals surface area contributed by atoms with Crippen LogP contribution in [0.15, 0.2) is 0 Å². The quantitative estimate of drug-likeness (QED) is 0.533. The van der Waals surface area contributed by atoms with Crippen molar-refractivity contribution in [3.63, 3.8) is 0 Å². The van der Waals surface area contributed by atoms with Crippen molar-refractivity contribution < 1.29 is 20.1 Å². The molecule has 72 valence electrons. The summed E-state index contributed by atoms with van der Waals surface area (Å²) in [5.41, 5.74) is 0. The van der Waals surface area contributed by atoms with Gasteiger partial charge in [0.1, 0.15) is 18.3 Å². The van der Waals surface area contributed by atoms with E-state index in [9.17, 15) is 15.3 Å². The number of hydrogen-bond donors (Lipinski definition) is 3. The highest BCUT2D eigenvalue weighted by molar-refractivity contribution is 6.19. The number of rotatable bonds is 2. The molecule has 3 N–H and O–H groups in total. The smallest absolute Gasteiger partial charge is 0.209 e. The van der Waals surface area contributed by atoms with E-state index in [1.54, 1.807) is 0 Å². The van der Waals surface area contributed by atoms with E-state index < -0.39 is 24.1 Å². The lowest BCUT2D eigenvalue weighted by Crippen LogP contribution is -2.44. The van der Waals surface area contributed by atoms with E-state index in [1.807, 2.05) is 0 Å². The molecule has 1 aliphatic heterocycles. The van der Waals surface area contributed by atoms with E-state index in [2.05, 4.69) is 0 Å². The number of halogens is 2. The predicted octanol–water partition coefficient (Wildman–Crippen LogP) is -0.727. The van der Waals surface area contributed by atoms with Gasteiger partial charge in [-0.2, -0.15) is 0 Å². The van der Waals surface area contributed by atoms with Crippen molar-refractivity contribution in [2.24, 2.45) is 0 Å². The van der Waals surface area contributed by atoms with Crippen molar-refractivity contribution >= 4 is 23.2 Å². The molecule has 0 aromatic carbocycles. The molecule has 0 saturated carbocycles. The molecule has 0 spiro atoms. The lowest BCUT2D eigenvalue weighted by atomic mass is 10.1. The summed E-state index contributed by atoms with van der Waals surface area (Å²) >= 11 is 10.7. The molecular formula is C6H10Cl2O4. The maximum atomic E-state index is 9.42. The molecular weight excluding hydrogens is 207 g/mol. The van der Waals surface area contributed by atoms with Crippen LogP contribution in [0.5, 0.6) is 0 Å². The summed E-state index contributed by atoms with van der Waals surface area (Å²) in [6.45, 7) is 0. The SMILES string of the molecule is O[C@@H]1[C@@H](CCl)O[C@@](O)(CCl)[C@H]1O. The lowest BCUT2D eigenvalue weighted by Gasteiger charge is -2.22. The second kappa shape index (κ2) is 3.65. The highest BCUT2D eigenvalue weighted by Gasteiger charge is 2.52. The van der Waals surface area contributed by atoms with Crippen molar-refractivity contribution in [3.8, 4) is 0 Å². The minimum absolute atomic E-state index is 0.00255. The van der Waals surface area contributed by atoms with Gasteiger partial charge >= 0.3 is 0 Å². The highest BCUT2D eigenvalue weighted by Crippen LogP contribution is 2.30. The maximum Gasteiger partial charge on any atom is 0.209 e. The van der Waals surface area contributed by atoms with Crippen LogP contribution in [0.4, 0.5) is 0 Å². The molecule has 12 heavy (non-hydrogen) atoms. The number of hydrogen-bond acceptors (Lipinski definition) is 4. The summed E-state index contributed by atoms with van der Waals surface area (Å²) in [5.74, 6) is -2.18. The first-order chi connectivity index (χ1) is 5.55. The summed E-state index contributed by atoms with van der Waals surface area (Å²) in [5, 5.41) is 27.9. The third-order valence-electron chi connectivity index (χ3n) is 1.87. The number of aliphatic hydroxyl groups excluding tert-OH is 2. The van der Waals surface area contributed by atoms with Gasteiger partial charge < -0.3 is 20.1 Å². The van der Waals surface area contributed by atoms with E-state index >= 15 is 0 Å². The summed E-state index contributed by atoms with van der Waals surface area (Å²) < 4.78 is 4.86. The zero-order valence-electron chi connectivity index (χ0n) is 6.15. The van der Waals surface area contributed by atoms with Crippen molar-refractivity contribution in [1.82, 2.24) is 0 Å². The second-order valence-corrected chi connectivity index (χ2v) is 3.30. The Morgan fingerprint density at radius 3 is 2.17 bits per heavy atom. The lowest BCUT2D eigenvalue weighted by molar-refractivity contribution is -0.209. The zero-order valence-corrected chi connectivity index (χ0v) is 7.66. The van der Waals surface area contributed by atoms with E-state index in [1.165, 1.54) is 0 Å². The molecule has 0 aliphatic carbocycles. The van der Waals surface area contributed by atoms with Crippen molar-refractivity contribution in [2.45, 2.75) is 24.1 Å². The number of ether oxygens (including phenoxy) is 1. The van der Waals surface area contributed by atoms with Gasteiger partial charge in [-0.25, -0.2) is 0 Å². The summed E-state index contributed by atoms with van der Waals surface area (Å²) in [6.07, 6.45) is -3.37. The van der Waals surface area contributed by atoms with Crippen LogP contribution >= 0.6 is 23.2 Å². The predicted molar refractivity (Wildman–Crippen MR) is 43.3 cm³/mol. The average molecular weight is 217 g/mol. The van der Waals surface area contributed by atoms with Crippen LogP contribution in [-0.2, 0) is 4.74 Å². The van der Waals surface area contributed by atoms with Crippen molar-refractivity contribution in [2.75, 3.05) is 11.8 Å². The minimum Gasteiger partial charge on any atom is -0.387 e. The molecule has 4 nitrogen and oxygen atoms in total. The molecule has 1 heterocycles. The zero-order chi connectivity index (χ0) is 9.35.